The molecule has 2 aromatic heterocycles. The van der Waals surface area contributed by atoms with Gasteiger partial charge in [0.15, 0.2) is 5.82 Å². The Kier molecular flexibility index (Phi) is 4.61. The Bertz CT molecular complexity index is 547. The number of aryl methyl sites for hydroxylation is 2. The zero-order chi connectivity index (χ0) is 14.5. The summed E-state index contributed by atoms with van der Waals surface area (Å²) in [5.41, 5.74) is 8.93. The zero-order valence-corrected chi connectivity index (χ0v) is 12.5. The van der Waals surface area contributed by atoms with Crippen LogP contribution in [0.4, 0.5) is 11.5 Å². The highest BCUT2D eigenvalue weighted by Crippen LogP contribution is 2.27. The van der Waals surface area contributed by atoms with Crippen molar-refractivity contribution >= 4 is 11.5 Å². The lowest BCUT2D eigenvalue weighted by Crippen LogP contribution is -2.26. The summed E-state index contributed by atoms with van der Waals surface area (Å²) in [6.45, 7) is 8.73. The van der Waals surface area contributed by atoms with Crippen LogP contribution in [0.3, 0.4) is 0 Å². The van der Waals surface area contributed by atoms with E-state index < -0.39 is 0 Å². The molecular weight excluding hydrogens is 250 g/mol. The van der Waals surface area contributed by atoms with E-state index in [-0.39, 0.29) is 0 Å². The maximum absolute atomic E-state index is 6.22. The number of nitrogens with two attached hydrogens (primary N) is 1. The van der Waals surface area contributed by atoms with Crippen molar-refractivity contribution in [3.63, 3.8) is 0 Å². The van der Waals surface area contributed by atoms with Crippen LogP contribution in [0.15, 0.2) is 24.4 Å². The van der Waals surface area contributed by atoms with Gasteiger partial charge in [0.2, 0.25) is 0 Å². The van der Waals surface area contributed by atoms with Gasteiger partial charge in [-0.15, -0.1) is 0 Å². The van der Waals surface area contributed by atoms with Gasteiger partial charge in [-0.1, -0.05) is 13.0 Å². The summed E-state index contributed by atoms with van der Waals surface area (Å²) in [7, 11) is 0. The van der Waals surface area contributed by atoms with E-state index in [1.807, 2.05) is 36.0 Å². The van der Waals surface area contributed by atoms with Gasteiger partial charge < -0.3 is 10.6 Å². The van der Waals surface area contributed by atoms with E-state index in [1.54, 1.807) is 0 Å². The number of anilines is 2. The van der Waals surface area contributed by atoms with Crippen molar-refractivity contribution in [1.82, 2.24) is 14.8 Å². The standard InChI is InChI=1S/C15H23N5/c1-4-10-20-15(14(16)12(3)18-20)19(5-2)11-13-8-6-7-9-17-13/h6-9H,4-5,10-11,16H2,1-3H3. The van der Waals surface area contributed by atoms with E-state index in [0.717, 1.165) is 48.9 Å². The summed E-state index contributed by atoms with van der Waals surface area (Å²) in [4.78, 5) is 6.62. The summed E-state index contributed by atoms with van der Waals surface area (Å²) in [5, 5.41) is 4.54. The molecule has 2 heterocycles. The Morgan fingerprint density at radius 3 is 2.70 bits per heavy atom. The Hall–Kier alpha value is -2.04. The first-order chi connectivity index (χ1) is 9.67. The van der Waals surface area contributed by atoms with Gasteiger partial charge in [0.05, 0.1) is 23.6 Å². The van der Waals surface area contributed by atoms with Crippen LogP contribution in [0.1, 0.15) is 31.7 Å². The van der Waals surface area contributed by atoms with Crippen molar-refractivity contribution in [2.75, 3.05) is 17.2 Å². The maximum Gasteiger partial charge on any atom is 0.151 e. The first-order valence-electron chi connectivity index (χ1n) is 7.15. The fraction of sp³-hybridized carbons (Fsp3) is 0.467. The quantitative estimate of drug-likeness (QED) is 0.879. The minimum atomic E-state index is 0.746. The molecule has 0 fully saturated rings. The van der Waals surface area contributed by atoms with Gasteiger partial charge >= 0.3 is 0 Å². The molecular formula is C15H23N5. The van der Waals surface area contributed by atoms with E-state index in [1.165, 1.54) is 0 Å². The molecule has 0 aliphatic rings. The molecule has 20 heavy (non-hydrogen) atoms. The van der Waals surface area contributed by atoms with Gasteiger partial charge in [0.1, 0.15) is 0 Å². The third-order valence-electron chi connectivity index (χ3n) is 3.34. The molecule has 0 radical (unpaired) electrons. The predicted octanol–water partition coefficient (Wildman–Crippen LogP) is 2.61. The van der Waals surface area contributed by atoms with Crippen molar-refractivity contribution in [2.45, 2.75) is 40.3 Å². The highest BCUT2D eigenvalue weighted by Gasteiger charge is 2.18. The maximum atomic E-state index is 6.22. The molecule has 5 nitrogen and oxygen atoms in total. The summed E-state index contributed by atoms with van der Waals surface area (Å²) in [6.07, 6.45) is 2.86. The zero-order valence-electron chi connectivity index (χ0n) is 12.5. The Balaban J connectivity index is 2.31. The van der Waals surface area contributed by atoms with Crippen LogP contribution in [0.2, 0.25) is 0 Å². The van der Waals surface area contributed by atoms with Crippen LogP contribution in [0, 0.1) is 6.92 Å². The molecule has 0 aromatic carbocycles. The second-order valence-electron chi connectivity index (χ2n) is 4.88. The second-order valence-corrected chi connectivity index (χ2v) is 4.88. The van der Waals surface area contributed by atoms with E-state index >= 15 is 0 Å². The molecule has 0 unspecified atom stereocenters. The lowest BCUT2D eigenvalue weighted by atomic mass is 10.3. The number of nitrogens with zero attached hydrogens (tertiary/aromatic N) is 4. The molecule has 108 valence electrons. The van der Waals surface area contributed by atoms with Crippen LogP contribution < -0.4 is 10.6 Å². The van der Waals surface area contributed by atoms with Crippen LogP contribution in [0.25, 0.3) is 0 Å². The molecule has 2 rings (SSSR count). The van der Waals surface area contributed by atoms with Crippen molar-refractivity contribution in [3.8, 4) is 0 Å². The van der Waals surface area contributed by atoms with Crippen molar-refractivity contribution in [3.05, 3.63) is 35.8 Å². The van der Waals surface area contributed by atoms with Gasteiger partial charge in [-0.05, 0) is 32.4 Å². The third kappa shape index (κ3) is 2.92. The molecule has 2 N–H and O–H groups in total. The predicted molar refractivity (Wildman–Crippen MR) is 82.6 cm³/mol. The summed E-state index contributed by atoms with van der Waals surface area (Å²) < 4.78 is 2.01. The van der Waals surface area contributed by atoms with E-state index in [4.69, 9.17) is 5.73 Å². The van der Waals surface area contributed by atoms with E-state index in [9.17, 15) is 0 Å². The minimum absolute atomic E-state index is 0.746. The average molecular weight is 273 g/mol. The first kappa shape index (κ1) is 14.4. The topological polar surface area (TPSA) is 60.0 Å². The fourth-order valence-electron chi connectivity index (χ4n) is 2.31. The average Bonchev–Trinajstić information content (AvgIpc) is 2.73. The smallest absolute Gasteiger partial charge is 0.151 e. The Morgan fingerprint density at radius 2 is 2.10 bits per heavy atom. The molecule has 0 saturated carbocycles. The van der Waals surface area contributed by atoms with Crippen molar-refractivity contribution < 1.29 is 0 Å². The van der Waals surface area contributed by atoms with Gasteiger partial charge in [-0.2, -0.15) is 5.10 Å². The molecule has 0 amide bonds. The van der Waals surface area contributed by atoms with Crippen LogP contribution >= 0.6 is 0 Å². The molecule has 0 bridgehead atoms. The van der Waals surface area contributed by atoms with Crippen LogP contribution in [-0.2, 0) is 13.1 Å². The normalized spacial score (nSPS) is 10.8. The Labute approximate surface area is 120 Å². The van der Waals surface area contributed by atoms with Crippen molar-refractivity contribution in [1.29, 1.82) is 0 Å². The summed E-state index contributed by atoms with van der Waals surface area (Å²) >= 11 is 0. The number of pyridine rings is 1. The molecule has 0 atom stereocenters. The van der Waals surface area contributed by atoms with E-state index in [2.05, 4.69) is 28.8 Å². The minimum Gasteiger partial charge on any atom is -0.394 e. The van der Waals surface area contributed by atoms with Gasteiger partial charge in [-0.25, -0.2) is 4.68 Å². The fourth-order valence-corrected chi connectivity index (χ4v) is 2.31. The van der Waals surface area contributed by atoms with Crippen LogP contribution in [-0.4, -0.2) is 21.3 Å². The highest BCUT2D eigenvalue weighted by atomic mass is 15.4. The number of aromatic nitrogens is 3. The Morgan fingerprint density at radius 1 is 1.30 bits per heavy atom. The number of nitrogen functional groups attached to an aromatic ring is 1. The molecule has 0 spiro atoms. The summed E-state index contributed by atoms with van der Waals surface area (Å²) in [6, 6.07) is 5.97. The lowest BCUT2D eigenvalue weighted by molar-refractivity contribution is 0.584. The third-order valence-corrected chi connectivity index (χ3v) is 3.34. The van der Waals surface area contributed by atoms with Gasteiger partial charge in [0, 0.05) is 19.3 Å². The SMILES string of the molecule is CCCn1nc(C)c(N)c1N(CC)Cc1ccccn1. The van der Waals surface area contributed by atoms with Crippen molar-refractivity contribution in [2.24, 2.45) is 0 Å². The number of rotatable bonds is 6. The summed E-state index contributed by atoms with van der Waals surface area (Å²) in [5.74, 6) is 1.01. The second kappa shape index (κ2) is 6.41. The monoisotopic (exact) mass is 273 g/mol. The molecule has 2 aromatic rings. The van der Waals surface area contributed by atoms with Gasteiger partial charge in [-0.3, -0.25) is 4.98 Å². The lowest BCUT2D eigenvalue weighted by Gasteiger charge is -2.24. The van der Waals surface area contributed by atoms with E-state index in [0.29, 0.717) is 0 Å². The highest BCUT2D eigenvalue weighted by molar-refractivity contribution is 5.66. The first-order valence-corrected chi connectivity index (χ1v) is 7.15. The molecule has 0 saturated heterocycles. The number of hydrogen-bond donors (Lipinski definition) is 1. The number of hydrogen-bond acceptors (Lipinski definition) is 4. The van der Waals surface area contributed by atoms with Gasteiger partial charge in [0.25, 0.3) is 0 Å². The molecule has 5 heteroatoms. The largest absolute Gasteiger partial charge is 0.394 e. The molecule has 0 aliphatic carbocycles. The van der Waals surface area contributed by atoms with Crippen LogP contribution in [0.5, 0.6) is 0 Å². The molecule has 0 aliphatic heterocycles.